The average Bonchev–Trinajstić information content (AvgIpc) is 3.28. The van der Waals surface area contributed by atoms with Gasteiger partial charge >= 0.3 is 0 Å². The number of aromatic nitrogens is 1. The Morgan fingerprint density at radius 3 is 3.07 bits per heavy atom. The lowest BCUT2D eigenvalue weighted by atomic mass is 9.97. The first kappa shape index (κ1) is 20.5. The minimum atomic E-state index is 0. The maximum absolute atomic E-state index is 12.2. The number of likely N-dealkylation sites (tertiary alicyclic amines) is 1. The van der Waals surface area contributed by atoms with Gasteiger partial charge in [-0.3, -0.25) is 9.69 Å². The fourth-order valence-electron chi connectivity index (χ4n) is 4.18. The summed E-state index contributed by atoms with van der Waals surface area (Å²) in [6.45, 7) is 7.04. The molecule has 7 heteroatoms. The van der Waals surface area contributed by atoms with Crippen LogP contribution in [0.3, 0.4) is 0 Å². The lowest BCUT2D eigenvalue weighted by Crippen LogP contribution is -2.45. The maximum atomic E-state index is 12.2. The number of hydrogen-bond acceptors (Lipinski definition) is 5. The molecule has 2 atom stereocenters. The quantitative estimate of drug-likeness (QED) is 0.798. The van der Waals surface area contributed by atoms with E-state index < -0.39 is 0 Å². The molecule has 27 heavy (non-hydrogen) atoms. The largest absolute Gasteiger partial charge is 0.354 e. The highest BCUT2D eigenvalue weighted by atomic mass is 35.5. The van der Waals surface area contributed by atoms with Crippen molar-refractivity contribution in [2.24, 2.45) is 5.92 Å². The van der Waals surface area contributed by atoms with Crippen LogP contribution in [-0.2, 0) is 11.3 Å². The number of halogens is 1. The van der Waals surface area contributed by atoms with Crippen molar-refractivity contribution in [3.05, 3.63) is 28.8 Å². The van der Waals surface area contributed by atoms with Crippen LogP contribution in [0.15, 0.2) is 18.2 Å². The van der Waals surface area contributed by atoms with Gasteiger partial charge in [-0.05, 0) is 69.3 Å². The van der Waals surface area contributed by atoms with Crippen LogP contribution in [0.25, 0.3) is 10.2 Å². The van der Waals surface area contributed by atoms with Crippen molar-refractivity contribution in [1.29, 1.82) is 0 Å². The van der Waals surface area contributed by atoms with Gasteiger partial charge in [0.15, 0.2) is 0 Å². The molecule has 0 aliphatic carbocycles. The molecule has 1 amide bonds. The fraction of sp³-hybridized carbons (Fsp3) is 0.600. The van der Waals surface area contributed by atoms with E-state index >= 15 is 0 Å². The molecule has 148 valence electrons. The Morgan fingerprint density at radius 2 is 2.26 bits per heavy atom. The van der Waals surface area contributed by atoms with Gasteiger partial charge in [-0.25, -0.2) is 4.98 Å². The molecule has 0 saturated carbocycles. The predicted molar refractivity (Wildman–Crippen MR) is 114 cm³/mol. The first-order valence-electron chi connectivity index (χ1n) is 9.77. The lowest BCUT2D eigenvalue weighted by molar-refractivity contribution is -0.123. The highest BCUT2D eigenvalue weighted by Crippen LogP contribution is 2.24. The van der Waals surface area contributed by atoms with E-state index in [0.717, 1.165) is 56.1 Å². The molecular weight excluding hydrogens is 380 g/mol. The second-order valence-electron chi connectivity index (χ2n) is 7.67. The molecule has 5 nitrogen and oxygen atoms in total. The van der Waals surface area contributed by atoms with Gasteiger partial charge in [-0.15, -0.1) is 23.7 Å². The minimum absolute atomic E-state index is 0. The number of rotatable bonds is 5. The molecule has 0 spiro atoms. The third kappa shape index (κ3) is 5.19. The summed E-state index contributed by atoms with van der Waals surface area (Å²) >= 11 is 1.77. The topological polar surface area (TPSA) is 57.3 Å². The van der Waals surface area contributed by atoms with Crippen LogP contribution in [0, 0.1) is 12.8 Å². The Bertz CT molecular complexity index is 774. The van der Waals surface area contributed by atoms with Gasteiger partial charge in [0, 0.05) is 19.6 Å². The van der Waals surface area contributed by atoms with E-state index in [9.17, 15) is 4.79 Å². The third-order valence-corrected chi connectivity index (χ3v) is 6.44. The average molecular weight is 409 g/mol. The van der Waals surface area contributed by atoms with Gasteiger partial charge in [0.25, 0.3) is 0 Å². The smallest absolute Gasteiger partial charge is 0.237 e. The van der Waals surface area contributed by atoms with Crippen LogP contribution < -0.4 is 10.6 Å². The normalized spacial score (nSPS) is 23.3. The molecule has 3 heterocycles. The fourth-order valence-corrected chi connectivity index (χ4v) is 5.07. The van der Waals surface area contributed by atoms with Crippen LogP contribution >= 0.6 is 23.7 Å². The van der Waals surface area contributed by atoms with E-state index in [0.29, 0.717) is 5.92 Å². The molecule has 0 bridgehead atoms. The van der Waals surface area contributed by atoms with Gasteiger partial charge in [0.05, 0.1) is 21.3 Å². The number of hydrogen-bond donors (Lipinski definition) is 2. The SMILES string of the molecule is Cc1nc2ccc(CN3CCCC(CNC(=O)C4CCCN4)C3)cc2s1.Cl. The number of piperidine rings is 1. The summed E-state index contributed by atoms with van der Waals surface area (Å²) in [5, 5.41) is 7.57. The van der Waals surface area contributed by atoms with E-state index in [1.807, 2.05) is 0 Å². The van der Waals surface area contributed by atoms with Crippen LogP contribution in [0.1, 0.15) is 36.3 Å². The Morgan fingerprint density at radius 1 is 1.37 bits per heavy atom. The Hall–Kier alpha value is -1.21. The number of amides is 1. The molecule has 4 rings (SSSR count). The number of carbonyl (C=O) groups excluding carboxylic acids is 1. The molecule has 1 aromatic heterocycles. The second-order valence-corrected chi connectivity index (χ2v) is 8.91. The zero-order valence-corrected chi connectivity index (χ0v) is 17.5. The second kappa shape index (κ2) is 9.32. The molecule has 2 aromatic rings. The van der Waals surface area contributed by atoms with Crippen molar-refractivity contribution in [2.75, 3.05) is 26.2 Å². The van der Waals surface area contributed by atoms with Gasteiger partial charge in [-0.2, -0.15) is 0 Å². The van der Waals surface area contributed by atoms with Crippen molar-refractivity contribution in [2.45, 2.75) is 45.2 Å². The summed E-state index contributed by atoms with van der Waals surface area (Å²) < 4.78 is 1.28. The molecule has 2 saturated heterocycles. The zero-order valence-electron chi connectivity index (χ0n) is 15.9. The summed E-state index contributed by atoms with van der Waals surface area (Å²) in [4.78, 5) is 19.3. The van der Waals surface area contributed by atoms with Crippen molar-refractivity contribution >= 4 is 39.9 Å². The number of carbonyl (C=O) groups is 1. The van der Waals surface area contributed by atoms with E-state index in [1.165, 1.54) is 23.1 Å². The van der Waals surface area contributed by atoms with E-state index in [-0.39, 0.29) is 24.4 Å². The minimum Gasteiger partial charge on any atom is -0.354 e. The predicted octanol–water partition coefficient (Wildman–Crippen LogP) is 3.11. The van der Waals surface area contributed by atoms with Crippen molar-refractivity contribution in [3.8, 4) is 0 Å². The van der Waals surface area contributed by atoms with Crippen LogP contribution in [0.5, 0.6) is 0 Å². The first-order valence-corrected chi connectivity index (χ1v) is 10.6. The Kier molecular flexibility index (Phi) is 7.09. The number of nitrogens with zero attached hydrogens (tertiary/aromatic N) is 2. The number of aryl methyl sites for hydroxylation is 1. The molecule has 0 radical (unpaired) electrons. The van der Waals surface area contributed by atoms with Crippen LogP contribution in [-0.4, -0.2) is 48.0 Å². The number of nitrogens with one attached hydrogen (secondary N) is 2. The molecular formula is C20H29ClN4OS. The number of benzene rings is 1. The Balaban J connectivity index is 0.00000210. The van der Waals surface area contributed by atoms with Crippen LogP contribution in [0.4, 0.5) is 0 Å². The molecule has 2 N–H and O–H groups in total. The molecule has 1 aromatic carbocycles. The standard InChI is InChI=1S/C20H28N4OS.ClH/c1-14-23-17-7-6-15(10-19(17)26-14)12-24-9-3-4-16(13-24)11-22-20(25)18-5-2-8-21-18;/h6-7,10,16,18,21H,2-5,8-9,11-13H2,1H3,(H,22,25);1H. The monoisotopic (exact) mass is 408 g/mol. The van der Waals surface area contributed by atoms with E-state index in [2.05, 4.69) is 45.6 Å². The first-order chi connectivity index (χ1) is 12.7. The molecule has 2 fully saturated rings. The van der Waals surface area contributed by atoms with Crippen LogP contribution in [0.2, 0.25) is 0 Å². The zero-order chi connectivity index (χ0) is 17.9. The van der Waals surface area contributed by atoms with Gasteiger partial charge < -0.3 is 10.6 Å². The highest BCUT2D eigenvalue weighted by molar-refractivity contribution is 7.18. The molecule has 2 aliphatic rings. The van der Waals surface area contributed by atoms with Gasteiger partial charge in [-0.1, -0.05) is 6.07 Å². The summed E-state index contributed by atoms with van der Waals surface area (Å²) in [5.41, 5.74) is 2.47. The van der Waals surface area contributed by atoms with Gasteiger partial charge in [0.2, 0.25) is 5.91 Å². The van der Waals surface area contributed by atoms with E-state index in [4.69, 9.17) is 0 Å². The number of fused-ring (bicyclic) bond motifs is 1. The Labute approximate surface area is 171 Å². The summed E-state index contributed by atoms with van der Waals surface area (Å²) in [6, 6.07) is 6.67. The summed E-state index contributed by atoms with van der Waals surface area (Å²) in [7, 11) is 0. The van der Waals surface area contributed by atoms with Crippen molar-refractivity contribution in [1.82, 2.24) is 20.5 Å². The molecule has 2 aliphatic heterocycles. The summed E-state index contributed by atoms with van der Waals surface area (Å²) in [5.74, 6) is 0.745. The van der Waals surface area contributed by atoms with Gasteiger partial charge in [0.1, 0.15) is 0 Å². The summed E-state index contributed by atoms with van der Waals surface area (Å²) in [6.07, 6.45) is 4.51. The lowest BCUT2D eigenvalue weighted by Gasteiger charge is -2.33. The third-order valence-electron chi connectivity index (χ3n) is 5.51. The van der Waals surface area contributed by atoms with Crippen molar-refractivity contribution < 1.29 is 4.79 Å². The molecule has 2 unspecified atom stereocenters. The van der Waals surface area contributed by atoms with E-state index in [1.54, 1.807) is 11.3 Å². The maximum Gasteiger partial charge on any atom is 0.237 e. The number of thiazole rings is 1. The van der Waals surface area contributed by atoms with Crippen molar-refractivity contribution in [3.63, 3.8) is 0 Å². The highest BCUT2D eigenvalue weighted by Gasteiger charge is 2.24.